The summed E-state index contributed by atoms with van der Waals surface area (Å²) >= 11 is 0. The number of nitrogens with one attached hydrogen (secondary N) is 1. The molecule has 1 N–H and O–H groups in total. The lowest BCUT2D eigenvalue weighted by Gasteiger charge is -2.11. The van der Waals surface area contributed by atoms with Gasteiger partial charge in [0.05, 0.1) is 0 Å². The molecule has 0 saturated heterocycles. The summed E-state index contributed by atoms with van der Waals surface area (Å²) in [5, 5.41) is 2.81. The number of oxazole rings is 1. The van der Waals surface area contributed by atoms with Crippen molar-refractivity contribution in [2.45, 2.75) is 20.8 Å². The van der Waals surface area contributed by atoms with Crippen LogP contribution in [-0.2, 0) is 4.79 Å². The normalized spacial score (nSPS) is 10.9. The number of anilines is 1. The first-order valence-corrected chi connectivity index (χ1v) is 9.57. The molecule has 4 rings (SSSR count). The van der Waals surface area contributed by atoms with E-state index in [1.54, 1.807) is 18.2 Å². The van der Waals surface area contributed by atoms with Crippen LogP contribution in [0.4, 0.5) is 10.1 Å². The number of ether oxygens (including phenoxy) is 1. The van der Waals surface area contributed by atoms with Gasteiger partial charge in [0, 0.05) is 11.3 Å². The second kappa shape index (κ2) is 7.99. The maximum atomic E-state index is 13.6. The zero-order valence-corrected chi connectivity index (χ0v) is 17.0. The van der Waals surface area contributed by atoms with Gasteiger partial charge < -0.3 is 14.5 Å². The Morgan fingerprint density at radius 3 is 2.60 bits per heavy atom. The maximum Gasteiger partial charge on any atom is 0.262 e. The molecule has 0 aliphatic heterocycles. The average Bonchev–Trinajstić information content (AvgIpc) is 3.12. The summed E-state index contributed by atoms with van der Waals surface area (Å²) in [5.41, 5.74) is 6.03. The van der Waals surface area contributed by atoms with Gasteiger partial charge in [-0.3, -0.25) is 4.79 Å². The number of benzene rings is 3. The number of amides is 1. The Morgan fingerprint density at radius 1 is 1.03 bits per heavy atom. The molecule has 1 aromatic heterocycles. The molecule has 0 aliphatic rings. The molecule has 4 aromatic rings. The molecule has 30 heavy (non-hydrogen) atoms. The van der Waals surface area contributed by atoms with E-state index in [9.17, 15) is 9.18 Å². The smallest absolute Gasteiger partial charge is 0.262 e. The predicted molar refractivity (Wildman–Crippen MR) is 114 cm³/mol. The zero-order valence-electron chi connectivity index (χ0n) is 17.0. The van der Waals surface area contributed by atoms with Crippen LogP contribution in [0.2, 0.25) is 0 Å². The van der Waals surface area contributed by atoms with Crippen molar-refractivity contribution in [3.05, 3.63) is 77.1 Å². The van der Waals surface area contributed by atoms with Crippen LogP contribution in [0.25, 0.3) is 22.6 Å². The Labute approximate surface area is 173 Å². The van der Waals surface area contributed by atoms with Crippen molar-refractivity contribution in [2.75, 3.05) is 11.9 Å². The summed E-state index contributed by atoms with van der Waals surface area (Å²) in [4.78, 5) is 16.9. The number of halogens is 1. The van der Waals surface area contributed by atoms with Crippen molar-refractivity contribution in [3.63, 3.8) is 0 Å². The highest BCUT2D eigenvalue weighted by Gasteiger charge is 2.13. The Bertz CT molecular complexity index is 1210. The number of carbonyl (C=O) groups is 1. The fourth-order valence-electron chi connectivity index (χ4n) is 3.08. The van der Waals surface area contributed by atoms with E-state index >= 15 is 0 Å². The lowest BCUT2D eigenvalue weighted by Crippen LogP contribution is -2.21. The SMILES string of the molecule is Cc1cc2nc(-c3ccc(C)c(NC(=O)COc4ccccc4F)c3)oc2cc1C. The predicted octanol–water partition coefficient (Wildman–Crippen LogP) is 5.58. The fourth-order valence-corrected chi connectivity index (χ4v) is 3.08. The minimum absolute atomic E-state index is 0.0372. The van der Waals surface area contributed by atoms with Crippen molar-refractivity contribution in [3.8, 4) is 17.2 Å². The summed E-state index contributed by atoms with van der Waals surface area (Å²) in [6.07, 6.45) is 0. The molecular weight excluding hydrogens is 383 g/mol. The Hall–Kier alpha value is -3.67. The minimum Gasteiger partial charge on any atom is -0.481 e. The highest BCUT2D eigenvalue weighted by Crippen LogP contribution is 2.29. The molecule has 5 nitrogen and oxygen atoms in total. The Kier molecular flexibility index (Phi) is 5.23. The molecule has 0 radical (unpaired) electrons. The second-order valence-corrected chi connectivity index (χ2v) is 7.22. The van der Waals surface area contributed by atoms with Crippen LogP contribution >= 0.6 is 0 Å². The first kappa shape index (κ1) is 19.6. The summed E-state index contributed by atoms with van der Waals surface area (Å²) in [7, 11) is 0. The number of aryl methyl sites for hydroxylation is 3. The highest BCUT2D eigenvalue weighted by atomic mass is 19.1. The molecule has 3 aromatic carbocycles. The number of hydrogen-bond donors (Lipinski definition) is 1. The van der Waals surface area contributed by atoms with Crippen LogP contribution in [0, 0.1) is 26.6 Å². The lowest BCUT2D eigenvalue weighted by atomic mass is 10.1. The molecule has 0 spiro atoms. The molecule has 0 atom stereocenters. The van der Waals surface area contributed by atoms with Gasteiger partial charge in [-0.2, -0.15) is 0 Å². The number of nitrogens with zero attached hydrogens (tertiary/aromatic N) is 1. The maximum absolute atomic E-state index is 13.6. The molecule has 1 heterocycles. The van der Waals surface area contributed by atoms with Gasteiger partial charge in [-0.1, -0.05) is 18.2 Å². The number of hydrogen-bond acceptors (Lipinski definition) is 4. The van der Waals surface area contributed by atoms with E-state index < -0.39 is 5.82 Å². The Morgan fingerprint density at radius 2 is 1.80 bits per heavy atom. The molecule has 0 fully saturated rings. The third-order valence-electron chi connectivity index (χ3n) is 4.96. The van der Waals surface area contributed by atoms with E-state index in [2.05, 4.69) is 10.3 Å². The van der Waals surface area contributed by atoms with Gasteiger partial charge >= 0.3 is 0 Å². The van der Waals surface area contributed by atoms with E-state index in [1.807, 2.05) is 45.0 Å². The average molecular weight is 404 g/mol. The molecule has 0 saturated carbocycles. The number of rotatable bonds is 5. The fraction of sp³-hybridized carbons (Fsp3) is 0.167. The first-order chi connectivity index (χ1) is 14.4. The standard InChI is InChI=1S/C24H21FN2O3/c1-14-8-9-17(24-27-20-10-15(2)16(3)11-22(20)30-24)12-19(14)26-23(28)13-29-21-7-5-4-6-18(21)25/h4-12H,13H2,1-3H3,(H,26,28). The van der Waals surface area contributed by atoms with Crippen LogP contribution in [0.3, 0.4) is 0 Å². The van der Waals surface area contributed by atoms with Gasteiger partial charge in [-0.05, 0) is 73.9 Å². The monoisotopic (exact) mass is 404 g/mol. The molecule has 0 aliphatic carbocycles. The summed E-state index contributed by atoms with van der Waals surface area (Å²) in [6.45, 7) is 5.65. The van der Waals surface area contributed by atoms with Gasteiger partial charge in [-0.15, -0.1) is 0 Å². The van der Waals surface area contributed by atoms with Gasteiger partial charge in [-0.25, -0.2) is 9.37 Å². The third-order valence-corrected chi connectivity index (χ3v) is 4.96. The molecule has 152 valence electrons. The van der Waals surface area contributed by atoms with Crippen molar-refractivity contribution < 1.29 is 18.3 Å². The Balaban J connectivity index is 1.53. The van der Waals surface area contributed by atoms with Crippen molar-refractivity contribution >= 4 is 22.7 Å². The van der Waals surface area contributed by atoms with E-state index in [4.69, 9.17) is 9.15 Å². The third kappa shape index (κ3) is 4.03. The van der Waals surface area contributed by atoms with Crippen LogP contribution in [-0.4, -0.2) is 17.5 Å². The number of carbonyl (C=O) groups excluding carboxylic acids is 1. The number of para-hydroxylation sites is 1. The zero-order chi connectivity index (χ0) is 21.3. The van der Waals surface area contributed by atoms with Crippen molar-refractivity contribution in [2.24, 2.45) is 0 Å². The molecule has 0 bridgehead atoms. The van der Waals surface area contributed by atoms with E-state index in [0.717, 1.165) is 33.4 Å². The highest BCUT2D eigenvalue weighted by molar-refractivity contribution is 5.93. The molecule has 6 heteroatoms. The largest absolute Gasteiger partial charge is 0.481 e. The lowest BCUT2D eigenvalue weighted by molar-refractivity contribution is -0.118. The van der Waals surface area contributed by atoms with Crippen LogP contribution in [0.5, 0.6) is 5.75 Å². The first-order valence-electron chi connectivity index (χ1n) is 9.57. The van der Waals surface area contributed by atoms with Crippen LogP contribution in [0.1, 0.15) is 16.7 Å². The van der Waals surface area contributed by atoms with Crippen LogP contribution in [0.15, 0.2) is 59.0 Å². The van der Waals surface area contributed by atoms with E-state index in [-0.39, 0.29) is 18.3 Å². The molecule has 0 unspecified atom stereocenters. The van der Waals surface area contributed by atoms with Gasteiger partial charge in [0.25, 0.3) is 5.91 Å². The van der Waals surface area contributed by atoms with Crippen molar-refractivity contribution in [1.82, 2.24) is 4.98 Å². The molecule has 1 amide bonds. The summed E-state index contributed by atoms with van der Waals surface area (Å²) < 4.78 is 24.8. The number of fused-ring (bicyclic) bond motifs is 1. The minimum atomic E-state index is -0.509. The van der Waals surface area contributed by atoms with Gasteiger partial charge in [0.1, 0.15) is 5.52 Å². The van der Waals surface area contributed by atoms with Gasteiger partial charge in [0.2, 0.25) is 5.89 Å². The number of aromatic nitrogens is 1. The summed E-state index contributed by atoms with van der Waals surface area (Å²) in [5.74, 6) is -0.379. The summed E-state index contributed by atoms with van der Waals surface area (Å²) in [6, 6.07) is 15.5. The van der Waals surface area contributed by atoms with Gasteiger partial charge in [0.15, 0.2) is 23.8 Å². The van der Waals surface area contributed by atoms with E-state index in [0.29, 0.717) is 11.6 Å². The molecular formula is C24H21FN2O3. The quantitative estimate of drug-likeness (QED) is 0.472. The van der Waals surface area contributed by atoms with E-state index in [1.165, 1.54) is 12.1 Å². The van der Waals surface area contributed by atoms with Crippen molar-refractivity contribution in [1.29, 1.82) is 0 Å². The van der Waals surface area contributed by atoms with Crippen LogP contribution < -0.4 is 10.1 Å². The topological polar surface area (TPSA) is 64.4 Å². The second-order valence-electron chi connectivity index (χ2n) is 7.22.